The summed E-state index contributed by atoms with van der Waals surface area (Å²) in [6.07, 6.45) is 1.04. The van der Waals surface area contributed by atoms with Crippen molar-refractivity contribution in [1.82, 2.24) is 5.32 Å². The Morgan fingerprint density at radius 3 is 3.00 bits per heavy atom. The van der Waals surface area contributed by atoms with Crippen LogP contribution in [0.4, 0.5) is 0 Å². The summed E-state index contributed by atoms with van der Waals surface area (Å²) >= 11 is 1.01. The molecule has 0 saturated carbocycles. The molecule has 1 atom stereocenters. The third-order valence-corrected chi connectivity index (χ3v) is 3.88. The first kappa shape index (κ1) is 16.8. The van der Waals surface area contributed by atoms with E-state index in [0.717, 1.165) is 11.8 Å². The number of amidine groups is 1. The van der Waals surface area contributed by atoms with Gasteiger partial charge >= 0.3 is 5.97 Å². The number of aromatic hydroxyl groups is 1. The molecule has 0 radical (unpaired) electrons. The summed E-state index contributed by atoms with van der Waals surface area (Å²) in [6, 6.07) is 4.97. The Kier molecular flexibility index (Phi) is 5.58. The van der Waals surface area contributed by atoms with Gasteiger partial charge in [-0.1, -0.05) is 17.8 Å². The Morgan fingerprint density at radius 2 is 2.30 bits per heavy atom. The second-order valence-corrected chi connectivity index (χ2v) is 5.66. The molecular weight excluding hydrogens is 322 g/mol. The van der Waals surface area contributed by atoms with E-state index in [1.165, 1.54) is 6.21 Å². The van der Waals surface area contributed by atoms with Crippen molar-refractivity contribution in [3.05, 3.63) is 23.8 Å². The lowest BCUT2D eigenvalue weighted by Crippen LogP contribution is -2.26. The summed E-state index contributed by atoms with van der Waals surface area (Å²) in [5, 5.41) is 28.3. The fourth-order valence-corrected chi connectivity index (χ4v) is 2.72. The first-order chi connectivity index (χ1) is 11.0. The smallest absolute Gasteiger partial charge is 0.305 e. The number of ether oxygens (including phenoxy) is 1. The van der Waals surface area contributed by atoms with Crippen LogP contribution in [0.3, 0.4) is 0 Å². The van der Waals surface area contributed by atoms with Gasteiger partial charge in [0, 0.05) is 5.56 Å². The number of hydrogen-bond acceptors (Lipinski definition) is 7. The molecule has 9 heteroatoms. The number of nitrogens with zero attached hydrogens (tertiary/aromatic N) is 2. The van der Waals surface area contributed by atoms with Crippen LogP contribution < -0.4 is 10.1 Å². The number of carbonyl (C=O) groups excluding carboxylic acids is 1. The third kappa shape index (κ3) is 4.46. The second kappa shape index (κ2) is 7.63. The number of aliphatic carboxylic acids is 1. The minimum Gasteiger partial charge on any atom is -0.504 e. The SMILES string of the molecule is CCOc1cccc(C=NN=C2NC(=O)C(CC(=O)O)S2)c1O. The topological polar surface area (TPSA) is 121 Å². The lowest BCUT2D eigenvalue weighted by atomic mass is 10.2. The van der Waals surface area contributed by atoms with Gasteiger partial charge in [-0.25, -0.2) is 0 Å². The molecule has 0 aromatic heterocycles. The molecule has 1 fully saturated rings. The zero-order valence-corrected chi connectivity index (χ0v) is 13.0. The van der Waals surface area contributed by atoms with Crippen LogP contribution in [-0.2, 0) is 9.59 Å². The minimum atomic E-state index is -1.06. The number of rotatable bonds is 6. The van der Waals surface area contributed by atoms with Gasteiger partial charge in [-0.2, -0.15) is 5.10 Å². The Bertz CT molecular complexity index is 674. The van der Waals surface area contributed by atoms with Crippen LogP contribution in [0.2, 0.25) is 0 Å². The van der Waals surface area contributed by atoms with E-state index < -0.39 is 17.1 Å². The third-order valence-electron chi connectivity index (χ3n) is 2.81. The maximum Gasteiger partial charge on any atom is 0.305 e. The van der Waals surface area contributed by atoms with Crippen molar-refractivity contribution in [3.63, 3.8) is 0 Å². The molecule has 1 aromatic carbocycles. The Hall–Kier alpha value is -2.55. The molecular formula is C14H15N3O5S. The number of phenols is 1. The van der Waals surface area contributed by atoms with E-state index in [9.17, 15) is 14.7 Å². The molecule has 1 heterocycles. The molecule has 0 spiro atoms. The maximum absolute atomic E-state index is 11.5. The molecule has 1 aromatic rings. The van der Waals surface area contributed by atoms with Crippen molar-refractivity contribution in [2.75, 3.05) is 6.61 Å². The van der Waals surface area contributed by atoms with Crippen molar-refractivity contribution in [2.24, 2.45) is 10.2 Å². The summed E-state index contributed by atoms with van der Waals surface area (Å²) in [5.74, 6) is -1.17. The molecule has 1 amide bonds. The highest BCUT2D eigenvalue weighted by Crippen LogP contribution is 2.28. The van der Waals surface area contributed by atoms with Crippen molar-refractivity contribution >= 4 is 35.0 Å². The number of phenolic OH excluding ortho intramolecular Hbond substituents is 1. The van der Waals surface area contributed by atoms with Crippen molar-refractivity contribution in [1.29, 1.82) is 0 Å². The van der Waals surface area contributed by atoms with Gasteiger partial charge in [0.2, 0.25) is 5.91 Å². The average Bonchev–Trinajstić information content (AvgIpc) is 2.82. The molecule has 0 bridgehead atoms. The van der Waals surface area contributed by atoms with Gasteiger partial charge in [-0.3, -0.25) is 9.59 Å². The van der Waals surface area contributed by atoms with E-state index in [1.807, 2.05) is 0 Å². The quantitative estimate of drug-likeness (QED) is 0.529. The molecule has 1 aliphatic heterocycles. The van der Waals surface area contributed by atoms with Crippen molar-refractivity contribution in [2.45, 2.75) is 18.6 Å². The standard InChI is InChI=1S/C14H15N3O5S/c1-2-22-9-5-3-4-8(12(9)20)7-15-17-14-16-13(21)10(23-14)6-11(18)19/h3-5,7,10,20H,2,6H2,1H3,(H,18,19)(H,16,17,21). The number of benzene rings is 1. The first-order valence-corrected chi connectivity index (χ1v) is 7.64. The van der Waals surface area contributed by atoms with Gasteiger partial charge in [-0.05, 0) is 19.1 Å². The van der Waals surface area contributed by atoms with E-state index in [0.29, 0.717) is 17.9 Å². The molecule has 8 nitrogen and oxygen atoms in total. The number of amides is 1. The summed E-state index contributed by atoms with van der Waals surface area (Å²) in [7, 11) is 0. The fourth-order valence-electron chi connectivity index (χ4n) is 1.80. The van der Waals surface area contributed by atoms with E-state index in [-0.39, 0.29) is 17.3 Å². The lowest BCUT2D eigenvalue weighted by molar-refractivity contribution is -0.138. The minimum absolute atomic E-state index is 0.0508. The molecule has 2 rings (SSSR count). The second-order valence-electron chi connectivity index (χ2n) is 4.47. The van der Waals surface area contributed by atoms with Crippen LogP contribution >= 0.6 is 11.8 Å². The fraction of sp³-hybridized carbons (Fsp3) is 0.286. The first-order valence-electron chi connectivity index (χ1n) is 6.76. The number of nitrogens with one attached hydrogen (secondary N) is 1. The van der Waals surface area contributed by atoms with Gasteiger partial charge in [0.15, 0.2) is 16.7 Å². The van der Waals surface area contributed by atoms with E-state index >= 15 is 0 Å². The summed E-state index contributed by atoms with van der Waals surface area (Å²) in [5.41, 5.74) is 0.414. The van der Waals surface area contributed by atoms with Crippen LogP contribution in [0.25, 0.3) is 0 Å². The van der Waals surface area contributed by atoms with Gasteiger partial charge in [0.1, 0.15) is 5.25 Å². The molecule has 122 valence electrons. The highest BCUT2D eigenvalue weighted by atomic mass is 32.2. The van der Waals surface area contributed by atoms with Gasteiger partial charge in [0.05, 0.1) is 19.2 Å². The number of hydrogen-bond donors (Lipinski definition) is 3. The predicted molar refractivity (Wildman–Crippen MR) is 86.1 cm³/mol. The molecule has 3 N–H and O–H groups in total. The van der Waals surface area contributed by atoms with Crippen molar-refractivity contribution < 1.29 is 24.5 Å². The summed E-state index contributed by atoms with van der Waals surface area (Å²) < 4.78 is 5.26. The lowest BCUT2D eigenvalue weighted by Gasteiger charge is -2.06. The van der Waals surface area contributed by atoms with Crippen LogP contribution in [0.15, 0.2) is 28.4 Å². The average molecular weight is 337 g/mol. The number of thioether (sulfide) groups is 1. The van der Waals surface area contributed by atoms with Crippen LogP contribution in [0.5, 0.6) is 11.5 Å². The van der Waals surface area contributed by atoms with Gasteiger partial charge in [-0.15, -0.1) is 5.10 Å². The zero-order chi connectivity index (χ0) is 16.8. The maximum atomic E-state index is 11.5. The molecule has 23 heavy (non-hydrogen) atoms. The molecule has 1 aliphatic rings. The highest BCUT2D eigenvalue weighted by Gasteiger charge is 2.32. The van der Waals surface area contributed by atoms with E-state index in [4.69, 9.17) is 9.84 Å². The van der Waals surface area contributed by atoms with E-state index in [2.05, 4.69) is 15.5 Å². The van der Waals surface area contributed by atoms with Crippen LogP contribution in [0, 0.1) is 0 Å². The zero-order valence-electron chi connectivity index (χ0n) is 12.2. The molecule has 1 unspecified atom stereocenters. The van der Waals surface area contributed by atoms with Crippen molar-refractivity contribution in [3.8, 4) is 11.5 Å². The van der Waals surface area contributed by atoms with Gasteiger partial charge in [0.25, 0.3) is 0 Å². The number of carboxylic acid groups (broad SMARTS) is 1. The van der Waals surface area contributed by atoms with Crippen LogP contribution in [0.1, 0.15) is 18.9 Å². The summed E-state index contributed by atoms with van der Waals surface area (Å²) in [4.78, 5) is 22.2. The molecule has 0 aliphatic carbocycles. The Morgan fingerprint density at radius 1 is 1.52 bits per heavy atom. The van der Waals surface area contributed by atoms with E-state index in [1.54, 1.807) is 25.1 Å². The van der Waals surface area contributed by atoms with Crippen LogP contribution in [-0.4, -0.2) is 45.3 Å². The predicted octanol–water partition coefficient (Wildman–Crippen LogP) is 1.19. The summed E-state index contributed by atoms with van der Waals surface area (Å²) in [6.45, 7) is 2.23. The number of carboxylic acids is 1. The molecule has 1 saturated heterocycles. The number of carbonyl (C=O) groups is 2. The largest absolute Gasteiger partial charge is 0.504 e. The number of para-hydroxylation sites is 1. The Balaban J connectivity index is 2.06. The van der Waals surface area contributed by atoms with Gasteiger partial charge < -0.3 is 20.3 Å². The Labute approximate surface area is 136 Å². The highest BCUT2D eigenvalue weighted by molar-refractivity contribution is 8.15. The monoisotopic (exact) mass is 337 g/mol. The normalized spacial score (nSPS) is 19.3.